The number of aliphatic hydroxyl groups is 1. The Bertz CT molecular complexity index is 457. The smallest absolute Gasteiger partial charge is 0.168 e. The number of fused-ring (bicyclic) bond motifs is 3. The van der Waals surface area contributed by atoms with Crippen LogP contribution < -0.4 is 0 Å². The molecule has 1 aliphatic heterocycles. The first-order valence-corrected chi connectivity index (χ1v) is 8.35. The van der Waals surface area contributed by atoms with Crippen LogP contribution in [0, 0.1) is 35.0 Å². The van der Waals surface area contributed by atoms with Crippen molar-refractivity contribution in [2.75, 3.05) is 0 Å². The van der Waals surface area contributed by atoms with Gasteiger partial charge in [-0.1, -0.05) is 6.92 Å². The van der Waals surface area contributed by atoms with Gasteiger partial charge in [0.1, 0.15) is 5.78 Å². The van der Waals surface area contributed by atoms with Crippen molar-refractivity contribution in [3.05, 3.63) is 0 Å². The summed E-state index contributed by atoms with van der Waals surface area (Å²) in [4.78, 5) is 11.9. The molecule has 4 nitrogen and oxygen atoms in total. The van der Waals surface area contributed by atoms with Crippen LogP contribution in [0.15, 0.2) is 0 Å². The molecule has 0 bridgehead atoms. The third-order valence-corrected chi connectivity index (χ3v) is 6.02. The van der Waals surface area contributed by atoms with Gasteiger partial charge in [-0.3, -0.25) is 4.79 Å². The topological polar surface area (TPSA) is 70.3 Å². The maximum absolute atomic E-state index is 11.9. The molecule has 1 heterocycles. The van der Waals surface area contributed by atoms with Crippen LogP contribution in [0.2, 0.25) is 0 Å². The number of ketones is 1. The van der Waals surface area contributed by atoms with Crippen LogP contribution in [0.25, 0.3) is 0 Å². The summed E-state index contributed by atoms with van der Waals surface area (Å²) < 4.78 is 6.11. The molecule has 1 N–H and O–H groups in total. The van der Waals surface area contributed by atoms with Gasteiger partial charge in [0.2, 0.25) is 0 Å². The Morgan fingerprint density at radius 2 is 2.19 bits per heavy atom. The summed E-state index contributed by atoms with van der Waals surface area (Å²) >= 11 is 0. The van der Waals surface area contributed by atoms with Crippen molar-refractivity contribution >= 4 is 5.78 Å². The Hall–Kier alpha value is -0.920. The molecule has 4 heteroatoms. The first kappa shape index (κ1) is 15.0. The summed E-state index contributed by atoms with van der Waals surface area (Å²) in [6, 6.07) is 2.13. The summed E-state index contributed by atoms with van der Waals surface area (Å²) in [5, 5.41) is 19.5. The minimum Gasteiger partial charge on any atom is -0.365 e. The van der Waals surface area contributed by atoms with Crippen LogP contribution in [0.3, 0.4) is 0 Å². The number of Topliss-reactive ketones (excluding diaryl/α,β-unsaturated/α-hetero) is 1. The Kier molecular flexibility index (Phi) is 4.07. The lowest BCUT2D eigenvalue weighted by atomic mass is 9.66. The minimum absolute atomic E-state index is 0.0758. The fourth-order valence-corrected chi connectivity index (χ4v) is 4.83. The molecule has 2 saturated carbocycles. The van der Waals surface area contributed by atoms with Crippen LogP contribution in [0.4, 0.5) is 0 Å². The van der Waals surface area contributed by atoms with E-state index in [-0.39, 0.29) is 17.9 Å². The standard InChI is InChI=1S/C17H25NO3/c1-11-10-14-12-4-6-15(19)13(12)5-7-16(14)21-17(11,20)8-2-3-9-18/h11-14,16,20H,2-8,10H2,1H3. The molecule has 2 aliphatic carbocycles. The molecule has 1 saturated heterocycles. The molecule has 0 spiro atoms. The molecule has 6 atom stereocenters. The summed E-state index contributed by atoms with van der Waals surface area (Å²) in [5.74, 6) is 0.608. The summed E-state index contributed by atoms with van der Waals surface area (Å²) in [7, 11) is 0. The molecule has 0 amide bonds. The van der Waals surface area contributed by atoms with E-state index in [0.29, 0.717) is 36.9 Å². The summed E-state index contributed by atoms with van der Waals surface area (Å²) in [6.07, 6.45) is 6.29. The molecular weight excluding hydrogens is 266 g/mol. The zero-order chi connectivity index (χ0) is 15.0. The van der Waals surface area contributed by atoms with Crippen LogP contribution in [-0.2, 0) is 9.53 Å². The molecule has 0 radical (unpaired) electrons. The van der Waals surface area contributed by atoms with Crippen molar-refractivity contribution < 1.29 is 14.6 Å². The third kappa shape index (κ3) is 2.62. The number of carbonyl (C=O) groups is 1. The van der Waals surface area contributed by atoms with Crippen molar-refractivity contribution in [3.8, 4) is 6.07 Å². The molecule has 3 aliphatic rings. The highest BCUT2D eigenvalue weighted by Gasteiger charge is 2.53. The molecule has 6 unspecified atom stereocenters. The molecule has 0 aromatic carbocycles. The Balaban J connectivity index is 1.69. The normalized spacial score (nSPS) is 45.8. The zero-order valence-electron chi connectivity index (χ0n) is 12.8. The van der Waals surface area contributed by atoms with Gasteiger partial charge < -0.3 is 9.84 Å². The van der Waals surface area contributed by atoms with E-state index < -0.39 is 5.79 Å². The first-order valence-electron chi connectivity index (χ1n) is 8.35. The highest BCUT2D eigenvalue weighted by atomic mass is 16.6. The highest BCUT2D eigenvalue weighted by Crippen LogP contribution is 2.52. The lowest BCUT2D eigenvalue weighted by Crippen LogP contribution is -2.54. The number of rotatable bonds is 3. The van der Waals surface area contributed by atoms with Crippen LogP contribution >= 0.6 is 0 Å². The average Bonchev–Trinajstić information content (AvgIpc) is 2.83. The first-order chi connectivity index (χ1) is 10.0. The Morgan fingerprint density at radius 3 is 2.95 bits per heavy atom. The van der Waals surface area contributed by atoms with Gasteiger partial charge >= 0.3 is 0 Å². The van der Waals surface area contributed by atoms with Crippen molar-refractivity contribution in [1.82, 2.24) is 0 Å². The molecular formula is C17H25NO3. The average molecular weight is 291 g/mol. The number of nitrogens with zero attached hydrogens (tertiary/aromatic N) is 1. The summed E-state index contributed by atoms with van der Waals surface area (Å²) in [5.41, 5.74) is 0. The van der Waals surface area contributed by atoms with Crippen LogP contribution in [0.1, 0.15) is 58.3 Å². The Morgan fingerprint density at radius 1 is 1.38 bits per heavy atom. The van der Waals surface area contributed by atoms with E-state index >= 15 is 0 Å². The number of nitriles is 1. The second kappa shape index (κ2) is 5.70. The van der Waals surface area contributed by atoms with Crippen LogP contribution in [-0.4, -0.2) is 22.8 Å². The van der Waals surface area contributed by atoms with Gasteiger partial charge in [0.05, 0.1) is 12.2 Å². The van der Waals surface area contributed by atoms with Crippen molar-refractivity contribution in [1.29, 1.82) is 5.26 Å². The summed E-state index contributed by atoms with van der Waals surface area (Å²) in [6.45, 7) is 2.04. The maximum atomic E-state index is 11.9. The number of ether oxygens (including phenoxy) is 1. The molecule has 3 fully saturated rings. The molecule has 21 heavy (non-hydrogen) atoms. The van der Waals surface area contributed by atoms with Gasteiger partial charge in [-0.25, -0.2) is 0 Å². The van der Waals surface area contributed by atoms with E-state index in [9.17, 15) is 9.90 Å². The monoisotopic (exact) mass is 291 g/mol. The number of carbonyl (C=O) groups excluding carboxylic acids is 1. The van der Waals surface area contributed by atoms with Crippen LogP contribution in [0.5, 0.6) is 0 Å². The van der Waals surface area contributed by atoms with Crippen molar-refractivity contribution in [2.45, 2.75) is 70.2 Å². The van der Waals surface area contributed by atoms with Gasteiger partial charge in [-0.15, -0.1) is 0 Å². The van der Waals surface area contributed by atoms with Gasteiger partial charge in [0.25, 0.3) is 0 Å². The van der Waals surface area contributed by atoms with E-state index in [2.05, 4.69) is 6.07 Å². The number of hydrogen-bond acceptors (Lipinski definition) is 4. The molecule has 0 aromatic heterocycles. The van der Waals surface area contributed by atoms with E-state index in [0.717, 1.165) is 32.1 Å². The van der Waals surface area contributed by atoms with E-state index in [1.165, 1.54) is 0 Å². The van der Waals surface area contributed by atoms with E-state index in [1.807, 2.05) is 6.92 Å². The second-order valence-corrected chi connectivity index (χ2v) is 7.17. The Labute approximate surface area is 126 Å². The van der Waals surface area contributed by atoms with Crippen molar-refractivity contribution in [2.24, 2.45) is 23.7 Å². The third-order valence-electron chi connectivity index (χ3n) is 6.02. The maximum Gasteiger partial charge on any atom is 0.168 e. The molecule has 0 aromatic rings. The molecule has 116 valence electrons. The SMILES string of the molecule is CC1CC2C(CCC3C(=O)CCC32)OC1(O)CCCC#N. The number of hydrogen-bond donors (Lipinski definition) is 1. The number of unbranched alkanes of at least 4 members (excludes halogenated alkanes) is 1. The van der Waals surface area contributed by atoms with E-state index in [4.69, 9.17) is 10.00 Å². The van der Waals surface area contributed by atoms with Gasteiger partial charge in [0, 0.05) is 31.1 Å². The van der Waals surface area contributed by atoms with Gasteiger partial charge in [-0.2, -0.15) is 5.26 Å². The largest absolute Gasteiger partial charge is 0.365 e. The molecule has 3 rings (SSSR count). The quantitative estimate of drug-likeness (QED) is 0.812. The van der Waals surface area contributed by atoms with Gasteiger partial charge in [-0.05, 0) is 43.9 Å². The predicted octanol–water partition coefficient (Wildman–Crippen LogP) is 2.80. The zero-order valence-corrected chi connectivity index (χ0v) is 12.8. The van der Waals surface area contributed by atoms with Gasteiger partial charge in [0.15, 0.2) is 5.79 Å². The fraction of sp³-hybridized carbons (Fsp3) is 0.882. The highest BCUT2D eigenvalue weighted by molar-refractivity contribution is 5.83. The minimum atomic E-state index is -1.08. The fourth-order valence-electron chi connectivity index (χ4n) is 4.83. The lowest BCUT2D eigenvalue weighted by molar-refractivity contribution is -0.308. The predicted molar refractivity (Wildman–Crippen MR) is 77.0 cm³/mol. The second-order valence-electron chi connectivity index (χ2n) is 7.17. The van der Waals surface area contributed by atoms with E-state index in [1.54, 1.807) is 0 Å². The van der Waals surface area contributed by atoms with Crippen molar-refractivity contribution in [3.63, 3.8) is 0 Å². The lowest BCUT2D eigenvalue weighted by Gasteiger charge is -2.51.